The highest BCUT2D eigenvalue weighted by molar-refractivity contribution is 6.31. The van der Waals surface area contributed by atoms with Gasteiger partial charge in [-0.2, -0.15) is 4.39 Å². The van der Waals surface area contributed by atoms with Crippen LogP contribution in [0.4, 0.5) is 4.39 Å². The lowest BCUT2D eigenvalue weighted by Crippen LogP contribution is -2.03. The second kappa shape index (κ2) is 19.9. The number of hydrogen-bond donors (Lipinski definition) is 2. The van der Waals surface area contributed by atoms with Crippen LogP contribution in [-0.4, -0.2) is 57.2 Å². The Morgan fingerprint density at radius 3 is 1.57 bits per heavy atom. The zero-order chi connectivity index (χ0) is 42.8. The lowest BCUT2D eigenvalue weighted by Gasteiger charge is -2.11. The molecule has 0 fully saturated rings. The van der Waals surface area contributed by atoms with E-state index >= 15 is 0 Å². The lowest BCUT2D eigenvalue weighted by molar-refractivity contribution is 0.0592. The number of pyridine rings is 3. The molecule has 4 aromatic heterocycles. The zero-order valence-corrected chi connectivity index (χ0v) is 34.1. The van der Waals surface area contributed by atoms with E-state index in [-0.39, 0.29) is 23.8 Å². The van der Waals surface area contributed by atoms with Crippen LogP contribution in [0.15, 0.2) is 134 Å². The van der Waals surface area contributed by atoms with Crippen molar-refractivity contribution >= 4 is 75.8 Å². The van der Waals surface area contributed by atoms with E-state index in [9.17, 15) is 18.8 Å². The Morgan fingerprint density at radius 1 is 0.617 bits per heavy atom. The van der Waals surface area contributed by atoms with Crippen molar-refractivity contribution in [1.29, 1.82) is 0 Å². The van der Waals surface area contributed by atoms with Crippen molar-refractivity contribution in [1.82, 2.24) is 19.9 Å². The fraction of sp³-hybridized carbons (Fsp3) is 0.0870. The maximum atomic E-state index is 11.9. The number of benzene rings is 3. The number of carboxylic acids is 1. The first-order valence-electron chi connectivity index (χ1n) is 18.1. The van der Waals surface area contributed by atoms with Crippen LogP contribution in [0.1, 0.15) is 76.6 Å². The van der Waals surface area contributed by atoms with E-state index in [1.54, 1.807) is 48.8 Å². The monoisotopic (exact) mass is 862 g/mol. The van der Waals surface area contributed by atoms with Gasteiger partial charge in [0.05, 0.1) is 57.4 Å². The summed E-state index contributed by atoms with van der Waals surface area (Å²) >= 11 is 17.1. The fourth-order valence-electron chi connectivity index (χ4n) is 6.30. The molecule has 4 heterocycles. The Hall–Kier alpha value is -6.66. The molecule has 0 saturated heterocycles. The zero-order valence-electron chi connectivity index (χ0n) is 31.9. The number of allylic oxidation sites excluding steroid dienone is 2. The molecular formula is C46H34Cl3FN4O6. The molecule has 0 spiro atoms. The smallest absolute Gasteiger partial charge is 0.337 e. The van der Waals surface area contributed by atoms with Crippen molar-refractivity contribution in [3.8, 4) is 0 Å². The number of nitrogens with zero attached hydrogens (tertiary/aromatic N) is 3. The normalized spacial score (nSPS) is 14.0. The van der Waals surface area contributed by atoms with Gasteiger partial charge in [0.15, 0.2) is 0 Å². The maximum Gasteiger partial charge on any atom is 0.337 e. The predicted octanol–water partition coefficient (Wildman–Crippen LogP) is 11.1. The van der Waals surface area contributed by atoms with Gasteiger partial charge in [0.2, 0.25) is 5.95 Å². The first-order chi connectivity index (χ1) is 28.9. The molecule has 14 heteroatoms. The van der Waals surface area contributed by atoms with Crippen molar-refractivity contribution in [3.05, 3.63) is 205 Å². The molecule has 0 radical (unpaired) electrons. The predicted molar refractivity (Wildman–Crippen MR) is 230 cm³/mol. The number of methoxy groups -OCH3 is 2. The van der Waals surface area contributed by atoms with E-state index in [4.69, 9.17) is 44.6 Å². The molecule has 0 amide bonds. The minimum atomic E-state index is -0.913. The molecule has 0 bridgehead atoms. The standard InChI is InChI=1S/C16H12ClNO2.C15H10ClNO2.C10H9NO2.C5H3ClFN/c1-20-16(19)11-3-5-13-10(8-11)2-6-14(13)15-7-4-12(17)9-18-15;16-11-3-6-14(17-8-11)13-5-1-9-7-10(15(18)19)2-4-12(9)13;1-13-10(12)8-2-3-9-7(6-8)4-5-11-9;6-4-1-2-5(7)8-3-4/h2-9,14H,1H3;1-8,13H,(H,18,19);2-6,11H,1H3;1-3H. The Morgan fingerprint density at radius 2 is 1.10 bits per heavy atom. The van der Waals surface area contributed by atoms with Gasteiger partial charge < -0.3 is 19.6 Å². The highest BCUT2D eigenvalue weighted by atomic mass is 35.5. The Balaban J connectivity index is 0.000000141. The average Bonchev–Trinajstić information content (AvgIpc) is 4.04. The molecule has 9 rings (SSSR count). The third-order valence-corrected chi connectivity index (χ3v) is 9.92. The summed E-state index contributed by atoms with van der Waals surface area (Å²) in [7, 11) is 2.76. The van der Waals surface area contributed by atoms with Gasteiger partial charge in [-0.15, -0.1) is 0 Å². The number of fused-ring (bicyclic) bond motifs is 3. The third-order valence-electron chi connectivity index (χ3n) is 9.25. The van der Waals surface area contributed by atoms with Gasteiger partial charge >= 0.3 is 17.9 Å². The number of carbonyl (C=O) groups excluding carboxylic acids is 2. The first kappa shape index (κ1) is 42.9. The van der Waals surface area contributed by atoms with E-state index in [2.05, 4.69) is 30.7 Å². The summed E-state index contributed by atoms with van der Waals surface area (Å²) in [6.07, 6.45) is 14.4. The second-order valence-electron chi connectivity index (χ2n) is 13.0. The molecule has 0 saturated carbocycles. The van der Waals surface area contributed by atoms with Gasteiger partial charge in [0.1, 0.15) is 0 Å². The van der Waals surface area contributed by atoms with Gasteiger partial charge in [-0.3, -0.25) is 9.97 Å². The molecule has 2 N–H and O–H groups in total. The SMILES string of the molecule is COC(=O)c1ccc2[nH]ccc2c1.COC(=O)c1ccc2c(c1)C=CC2c1ccc(Cl)cn1.Fc1ccc(Cl)cn1.O=C(O)c1ccc2c(c1)C=CC2c1ccc(Cl)cn1. The number of aromatic carboxylic acids is 1. The van der Waals surface area contributed by atoms with E-state index < -0.39 is 11.9 Å². The van der Waals surface area contributed by atoms with Gasteiger partial charge in [-0.25, -0.2) is 19.4 Å². The number of aromatic amines is 1. The molecule has 2 aliphatic rings. The van der Waals surface area contributed by atoms with Crippen LogP contribution < -0.4 is 0 Å². The van der Waals surface area contributed by atoms with Crippen molar-refractivity contribution in [3.63, 3.8) is 0 Å². The molecule has 2 aliphatic carbocycles. The third kappa shape index (κ3) is 10.7. The highest BCUT2D eigenvalue weighted by Gasteiger charge is 2.23. The number of aromatic nitrogens is 4. The van der Waals surface area contributed by atoms with E-state index in [1.165, 1.54) is 32.5 Å². The number of halogens is 4. The van der Waals surface area contributed by atoms with Crippen LogP contribution in [0.3, 0.4) is 0 Å². The number of carboxylic acid groups (broad SMARTS) is 1. The summed E-state index contributed by atoms with van der Waals surface area (Å²) < 4.78 is 21.3. The van der Waals surface area contributed by atoms with E-state index in [0.29, 0.717) is 31.8 Å². The number of esters is 2. The van der Waals surface area contributed by atoms with Crippen LogP contribution in [0, 0.1) is 5.95 Å². The molecule has 7 aromatic rings. The van der Waals surface area contributed by atoms with E-state index in [1.807, 2.05) is 73.0 Å². The highest BCUT2D eigenvalue weighted by Crippen LogP contribution is 2.36. The van der Waals surface area contributed by atoms with Gasteiger partial charge in [0, 0.05) is 47.5 Å². The summed E-state index contributed by atoms with van der Waals surface area (Å²) in [6, 6.07) is 28.1. The lowest BCUT2D eigenvalue weighted by atomic mass is 9.96. The van der Waals surface area contributed by atoms with Crippen LogP contribution in [0.2, 0.25) is 15.1 Å². The van der Waals surface area contributed by atoms with Gasteiger partial charge in [-0.1, -0.05) is 71.2 Å². The molecule has 2 unspecified atom stereocenters. The summed E-state index contributed by atoms with van der Waals surface area (Å²) in [5, 5.41) is 11.7. The largest absolute Gasteiger partial charge is 0.478 e. The van der Waals surface area contributed by atoms with Crippen molar-refractivity contribution in [2.24, 2.45) is 0 Å². The minimum absolute atomic E-state index is 0.0649. The minimum Gasteiger partial charge on any atom is -0.478 e. The fourth-order valence-corrected chi connectivity index (χ4v) is 6.64. The Bertz CT molecular complexity index is 2680. The summed E-state index contributed by atoms with van der Waals surface area (Å²) in [5.74, 6) is -1.87. The number of hydrogen-bond acceptors (Lipinski definition) is 8. The molecule has 2 atom stereocenters. The molecule has 302 valence electrons. The molecular weight excluding hydrogens is 830 g/mol. The van der Waals surface area contributed by atoms with Crippen LogP contribution in [-0.2, 0) is 9.47 Å². The Labute approximate surface area is 358 Å². The molecule has 10 nitrogen and oxygen atoms in total. The molecule has 0 aliphatic heterocycles. The molecule has 3 aromatic carbocycles. The average molecular weight is 864 g/mol. The van der Waals surface area contributed by atoms with Crippen LogP contribution in [0.25, 0.3) is 23.1 Å². The number of ether oxygens (including phenoxy) is 2. The number of H-pyrrole nitrogens is 1. The van der Waals surface area contributed by atoms with Crippen molar-refractivity contribution in [2.75, 3.05) is 14.2 Å². The number of rotatable bonds is 5. The van der Waals surface area contributed by atoms with Crippen molar-refractivity contribution < 1.29 is 33.4 Å². The quantitative estimate of drug-likeness (QED) is 0.128. The number of carbonyl (C=O) groups is 3. The Kier molecular flexibility index (Phi) is 14.2. The first-order valence-corrected chi connectivity index (χ1v) is 19.2. The molecule has 60 heavy (non-hydrogen) atoms. The topological polar surface area (TPSA) is 144 Å². The summed E-state index contributed by atoms with van der Waals surface area (Å²) in [4.78, 5) is 48.6. The summed E-state index contributed by atoms with van der Waals surface area (Å²) in [5.41, 5.74) is 8.46. The summed E-state index contributed by atoms with van der Waals surface area (Å²) in [6.45, 7) is 0. The van der Waals surface area contributed by atoms with E-state index in [0.717, 1.165) is 44.5 Å². The van der Waals surface area contributed by atoms with Gasteiger partial charge in [0.25, 0.3) is 0 Å². The number of nitrogens with one attached hydrogen (secondary N) is 1. The second-order valence-corrected chi connectivity index (χ2v) is 14.3. The van der Waals surface area contributed by atoms with Gasteiger partial charge in [-0.05, 0) is 107 Å². The van der Waals surface area contributed by atoms with Crippen LogP contribution >= 0.6 is 34.8 Å². The van der Waals surface area contributed by atoms with Crippen molar-refractivity contribution in [2.45, 2.75) is 11.8 Å². The van der Waals surface area contributed by atoms with Crippen LogP contribution in [0.5, 0.6) is 0 Å². The maximum absolute atomic E-state index is 11.9.